The van der Waals surface area contributed by atoms with Crippen molar-refractivity contribution in [1.82, 2.24) is 19.7 Å². The molecule has 0 unspecified atom stereocenters. The minimum absolute atomic E-state index is 0.0447. The van der Waals surface area contributed by atoms with Crippen LogP contribution in [0.5, 0.6) is 0 Å². The third kappa shape index (κ3) is 4.09. The van der Waals surface area contributed by atoms with Crippen molar-refractivity contribution in [3.63, 3.8) is 0 Å². The van der Waals surface area contributed by atoms with Gasteiger partial charge in [-0.2, -0.15) is 15.0 Å². The molecule has 0 saturated carbocycles. The predicted molar refractivity (Wildman–Crippen MR) is 90.7 cm³/mol. The Morgan fingerprint density at radius 1 is 1.12 bits per heavy atom. The van der Waals surface area contributed by atoms with Crippen molar-refractivity contribution in [1.29, 1.82) is 0 Å². The fraction of sp³-hybridized carbons (Fsp3) is 0.176. The first-order valence-electron chi connectivity index (χ1n) is 7.63. The number of nitrogens with zero attached hydrogens (tertiary/aromatic N) is 3. The van der Waals surface area contributed by atoms with Crippen molar-refractivity contribution < 1.29 is 12.8 Å². The van der Waals surface area contributed by atoms with Gasteiger partial charge in [-0.15, -0.1) is 0 Å². The van der Waals surface area contributed by atoms with Gasteiger partial charge < -0.3 is 0 Å². The van der Waals surface area contributed by atoms with E-state index in [9.17, 15) is 12.8 Å². The van der Waals surface area contributed by atoms with Gasteiger partial charge in [-0.25, -0.2) is 17.5 Å². The van der Waals surface area contributed by atoms with E-state index in [0.29, 0.717) is 5.56 Å². The maximum atomic E-state index is 13.3. The maximum absolute atomic E-state index is 13.3. The van der Waals surface area contributed by atoms with E-state index in [2.05, 4.69) is 14.9 Å². The Labute approximate surface area is 145 Å². The molecule has 0 spiro atoms. The molecule has 0 saturated heterocycles. The summed E-state index contributed by atoms with van der Waals surface area (Å²) in [6.07, 6.45) is 3.06. The molecule has 1 heterocycles. The van der Waals surface area contributed by atoms with E-state index >= 15 is 0 Å². The molecule has 3 rings (SSSR count). The highest BCUT2D eigenvalue weighted by atomic mass is 32.2. The van der Waals surface area contributed by atoms with Crippen LogP contribution in [0.2, 0.25) is 0 Å². The van der Waals surface area contributed by atoms with E-state index in [-0.39, 0.29) is 11.4 Å². The molecule has 0 amide bonds. The van der Waals surface area contributed by atoms with Gasteiger partial charge >= 0.3 is 0 Å². The lowest BCUT2D eigenvalue weighted by Gasteiger charge is -2.19. The molecule has 130 valence electrons. The average Bonchev–Trinajstić information content (AvgIpc) is 3.07. The SMILES string of the molecule is Cc1cc(F)ccc1S(=O)(=O)N[C@@H](Cn1nccn1)c1ccccc1. The monoisotopic (exact) mass is 360 g/mol. The van der Waals surface area contributed by atoms with Crippen LogP contribution in [0.4, 0.5) is 4.39 Å². The summed E-state index contributed by atoms with van der Waals surface area (Å²) in [4.78, 5) is 1.46. The first-order chi connectivity index (χ1) is 12.0. The van der Waals surface area contributed by atoms with Gasteiger partial charge in [-0.1, -0.05) is 30.3 Å². The van der Waals surface area contributed by atoms with Crippen LogP contribution in [0.3, 0.4) is 0 Å². The van der Waals surface area contributed by atoms with Crippen molar-refractivity contribution >= 4 is 10.0 Å². The van der Waals surface area contributed by atoms with Crippen LogP contribution in [0.1, 0.15) is 17.2 Å². The number of hydrogen-bond acceptors (Lipinski definition) is 4. The summed E-state index contributed by atoms with van der Waals surface area (Å²) in [5, 5.41) is 8.07. The largest absolute Gasteiger partial charge is 0.241 e. The zero-order valence-corrected chi connectivity index (χ0v) is 14.3. The van der Waals surface area contributed by atoms with E-state index < -0.39 is 21.9 Å². The molecule has 1 atom stereocenters. The number of nitrogens with one attached hydrogen (secondary N) is 1. The van der Waals surface area contributed by atoms with Crippen molar-refractivity contribution in [2.75, 3.05) is 0 Å². The normalized spacial score (nSPS) is 12.9. The molecule has 1 aromatic heterocycles. The predicted octanol–water partition coefficient (Wildman–Crippen LogP) is 2.45. The molecule has 8 heteroatoms. The highest BCUT2D eigenvalue weighted by Crippen LogP contribution is 2.21. The van der Waals surface area contributed by atoms with E-state index in [4.69, 9.17) is 0 Å². The maximum Gasteiger partial charge on any atom is 0.241 e. The Morgan fingerprint density at radius 2 is 1.80 bits per heavy atom. The van der Waals surface area contributed by atoms with E-state index in [1.165, 1.54) is 29.3 Å². The molecule has 25 heavy (non-hydrogen) atoms. The molecule has 3 aromatic rings. The summed E-state index contributed by atoms with van der Waals surface area (Å²) in [5.74, 6) is -0.475. The summed E-state index contributed by atoms with van der Waals surface area (Å²) in [7, 11) is -3.84. The zero-order valence-electron chi connectivity index (χ0n) is 13.5. The standard InChI is InChI=1S/C17H17FN4O2S/c1-13-11-15(18)7-8-17(13)25(23,24)21-16(12-22-19-9-10-20-22)14-5-3-2-4-6-14/h2-11,16,21H,12H2,1H3/t16-/m0/s1. The number of sulfonamides is 1. The number of benzene rings is 2. The molecular weight excluding hydrogens is 343 g/mol. The Kier molecular flexibility index (Phi) is 4.91. The second-order valence-corrected chi connectivity index (χ2v) is 7.26. The smallest absolute Gasteiger partial charge is 0.207 e. The first-order valence-corrected chi connectivity index (χ1v) is 9.11. The Bertz CT molecular complexity index is 944. The zero-order chi connectivity index (χ0) is 17.9. The third-order valence-electron chi connectivity index (χ3n) is 3.74. The lowest BCUT2D eigenvalue weighted by Crippen LogP contribution is -2.32. The number of hydrogen-bond donors (Lipinski definition) is 1. The number of halogens is 1. The van der Waals surface area contributed by atoms with E-state index in [1.807, 2.05) is 30.3 Å². The number of aryl methyl sites for hydroxylation is 1. The highest BCUT2D eigenvalue weighted by molar-refractivity contribution is 7.89. The summed E-state index contributed by atoms with van der Waals surface area (Å²) in [5.41, 5.74) is 1.12. The van der Waals surface area contributed by atoms with Gasteiger partial charge in [0.05, 0.1) is 29.9 Å². The van der Waals surface area contributed by atoms with Gasteiger partial charge in [0.25, 0.3) is 0 Å². The molecule has 0 bridgehead atoms. The van der Waals surface area contributed by atoms with Gasteiger partial charge in [-0.3, -0.25) is 0 Å². The molecular formula is C17H17FN4O2S. The van der Waals surface area contributed by atoms with Crippen molar-refractivity contribution in [2.24, 2.45) is 0 Å². The first kappa shape index (κ1) is 17.2. The van der Waals surface area contributed by atoms with Gasteiger partial charge in [0.1, 0.15) is 5.82 Å². The van der Waals surface area contributed by atoms with E-state index in [0.717, 1.165) is 11.6 Å². The van der Waals surface area contributed by atoms with Crippen LogP contribution in [0.25, 0.3) is 0 Å². The Balaban J connectivity index is 1.93. The third-order valence-corrected chi connectivity index (χ3v) is 5.37. The van der Waals surface area contributed by atoms with Crippen LogP contribution in [-0.4, -0.2) is 23.4 Å². The molecule has 0 radical (unpaired) electrons. The van der Waals surface area contributed by atoms with E-state index in [1.54, 1.807) is 6.92 Å². The van der Waals surface area contributed by atoms with Gasteiger partial charge in [-0.05, 0) is 36.2 Å². The quantitative estimate of drug-likeness (QED) is 0.732. The lowest BCUT2D eigenvalue weighted by atomic mass is 10.1. The van der Waals surface area contributed by atoms with Crippen molar-refractivity contribution in [3.8, 4) is 0 Å². The minimum Gasteiger partial charge on any atom is -0.207 e. The van der Waals surface area contributed by atoms with Crippen LogP contribution in [-0.2, 0) is 16.6 Å². The van der Waals surface area contributed by atoms with Crippen LogP contribution < -0.4 is 4.72 Å². The van der Waals surface area contributed by atoms with Crippen LogP contribution >= 0.6 is 0 Å². The Hall–Kier alpha value is -2.58. The second kappa shape index (κ2) is 7.12. The van der Waals surface area contributed by atoms with Gasteiger partial charge in [0.2, 0.25) is 10.0 Å². The summed E-state index contributed by atoms with van der Waals surface area (Å²) >= 11 is 0. The molecule has 0 aliphatic heterocycles. The van der Waals surface area contributed by atoms with Crippen molar-refractivity contribution in [2.45, 2.75) is 24.4 Å². The number of aromatic nitrogens is 3. The molecule has 1 N–H and O–H groups in total. The molecule has 0 aliphatic rings. The Morgan fingerprint density at radius 3 is 2.44 bits per heavy atom. The summed E-state index contributed by atoms with van der Waals surface area (Å²) < 4.78 is 41.5. The van der Waals surface area contributed by atoms with Gasteiger partial charge in [0, 0.05) is 0 Å². The lowest BCUT2D eigenvalue weighted by molar-refractivity contribution is 0.444. The summed E-state index contributed by atoms with van der Waals surface area (Å²) in [6.45, 7) is 1.79. The summed E-state index contributed by atoms with van der Waals surface area (Å²) in [6, 6.07) is 12.2. The molecule has 0 fully saturated rings. The van der Waals surface area contributed by atoms with Crippen LogP contribution in [0.15, 0.2) is 65.8 Å². The topological polar surface area (TPSA) is 76.9 Å². The van der Waals surface area contributed by atoms with Crippen molar-refractivity contribution in [3.05, 3.63) is 77.9 Å². The fourth-order valence-electron chi connectivity index (χ4n) is 2.56. The minimum atomic E-state index is -3.84. The average molecular weight is 360 g/mol. The molecule has 2 aromatic carbocycles. The molecule has 6 nitrogen and oxygen atoms in total. The number of rotatable bonds is 6. The fourth-order valence-corrected chi connectivity index (χ4v) is 4.00. The van der Waals surface area contributed by atoms with Gasteiger partial charge in [0.15, 0.2) is 0 Å². The molecule has 0 aliphatic carbocycles. The second-order valence-electron chi connectivity index (χ2n) is 5.58. The van der Waals surface area contributed by atoms with Crippen LogP contribution in [0, 0.1) is 12.7 Å². The highest BCUT2D eigenvalue weighted by Gasteiger charge is 2.24.